The van der Waals surface area contributed by atoms with Crippen LogP contribution in [0.5, 0.6) is 0 Å². The number of likely N-dealkylation sites (tertiary alicyclic amines) is 1. The first-order valence-electron chi connectivity index (χ1n) is 6.65. The van der Waals surface area contributed by atoms with E-state index in [1.165, 1.54) is 16.7 Å². The number of halogens is 3. The van der Waals surface area contributed by atoms with Crippen LogP contribution in [0.25, 0.3) is 0 Å². The van der Waals surface area contributed by atoms with Gasteiger partial charge < -0.3 is 10.0 Å². The van der Waals surface area contributed by atoms with Crippen molar-refractivity contribution in [1.29, 1.82) is 0 Å². The second kappa shape index (κ2) is 5.86. The van der Waals surface area contributed by atoms with Crippen LogP contribution >= 0.6 is 11.3 Å². The smallest absolute Gasteiger partial charge is 0.394 e. The molecule has 1 aliphatic rings. The van der Waals surface area contributed by atoms with Gasteiger partial charge in [0.15, 0.2) is 0 Å². The number of hydrogen-bond acceptors (Lipinski definition) is 4. The fourth-order valence-electron chi connectivity index (χ4n) is 2.36. The van der Waals surface area contributed by atoms with E-state index in [0.717, 1.165) is 4.90 Å². The Balaban J connectivity index is 2.19. The monoisotopic (exact) mass is 336 g/mol. The SMILES string of the molecule is CC(C)c1nc(C(=O)N2C[C@@H](C(F)(F)F)[C@H](C(=O)O)C2)cs1. The largest absolute Gasteiger partial charge is 0.481 e. The third kappa shape index (κ3) is 3.23. The quantitative estimate of drug-likeness (QED) is 0.921. The van der Waals surface area contributed by atoms with Gasteiger partial charge in [0.1, 0.15) is 5.69 Å². The molecule has 0 radical (unpaired) electrons. The van der Waals surface area contributed by atoms with Gasteiger partial charge in [-0.1, -0.05) is 13.8 Å². The van der Waals surface area contributed by atoms with Gasteiger partial charge in [0.05, 0.1) is 16.8 Å². The summed E-state index contributed by atoms with van der Waals surface area (Å²) >= 11 is 1.26. The highest BCUT2D eigenvalue weighted by atomic mass is 32.1. The van der Waals surface area contributed by atoms with E-state index in [2.05, 4.69) is 4.98 Å². The average Bonchev–Trinajstić information content (AvgIpc) is 3.04. The van der Waals surface area contributed by atoms with Crippen molar-refractivity contribution in [3.05, 3.63) is 16.1 Å². The van der Waals surface area contributed by atoms with E-state index in [1.54, 1.807) is 0 Å². The van der Waals surface area contributed by atoms with Crippen LogP contribution in [0.4, 0.5) is 13.2 Å². The molecule has 2 rings (SSSR count). The third-order valence-corrected chi connectivity index (χ3v) is 4.72. The third-order valence-electron chi connectivity index (χ3n) is 3.58. The summed E-state index contributed by atoms with van der Waals surface area (Å²) in [4.78, 5) is 28.3. The number of amides is 1. The highest BCUT2D eigenvalue weighted by Gasteiger charge is 2.53. The molecule has 2 heterocycles. The van der Waals surface area contributed by atoms with Gasteiger partial charge in [0, 0.05) is 24.4 Å². The summed E-state index contributed by atoms with van der Waals surface area (Å²) in [6.07, 6.45) is -4.65. The van der Waals surface area contributed by atoms with E-state index in [9.17, 15) is 22.8 Å². The molecule has 0 spiro atoms. The molecule has 1 amide bonds. The summed E-state index contributed by atoms with van der Waals surface area (Å²) in [6.45, 7) is 2.69. The molecule has 2 atom stereocenters. The molecular formula is C13H15F3N2O3S. The molecule has 122 valence electrons. The fourth-order valence-corrected chi connectivity index (χ4v) is 3.17. The fraction of sp³-hybridized carbons (Fsp3) is 0.615. The maximum Gasteiger partial charge on any atom is 0.394 e. The van der Waals surface area contributed by atoms with Crippen LogP contribution in [-0.4, -0.2) is 46.1 Å². The van der Waals surface area contributed by atoms with Gasteiger partial charge in [-0.3, -0.25) is 9.59 Å². The van der Waals surface area contributed by atoms with Crippen molar-refractivity contribution in [2.75, 3.05) is 13.1 Å². The van der Waals surface area contributed by atoms with Crippen molar-refractivity contribution in [2.45, 2.75) is 25.9 Å². The first-order valence-corrected chi connectivity index (χ1v) is 7.53. The predicted octanol–water partition coefficient (Wildman–Crippen LogP) is 2.60. The lowest BCUT2D eigenvalue weighted by Gasteiger charge is -2.18. The van der Waals surface area contributed by atoms with Crippen LogP contribution < -0.4 is 0 Å². The van der Waals surface area contributed by atoms with Crippen molar-refractivity contribution in [3.8, 4) is 0 Å². The van der Waals surface area contributed by atoms with Crippen molar-refractivity contribution < 1.29 is 27.9 Å². The second-order valence-corrected chi connectivity index (χ2v) is 6.42. The lowest BCUT2D eigenvalue weighted by Crippen LogP contribution is -2.34. The van der Waals surface area contributed by atoms with Crippen LogP contribution in [0, 0.1) is 11.8 Å². The molecule has 1 saturated heterocycles. The number of carbonyl (C=O) groups excluding carboxylic acids is 1. The van der Waals surface area contributed by atoms with Crippen LogP contribution in [0.1, 0.15) is 35.3 Å². The van der Waals surface area contributed by atoms with E-state index in [4.69, 9.17) is 5.11 Å². The van der Waals surface area contributed by atoms with E-state index < -0.39 is 43.0 Å². The summed E-state index contributed by atoms with van der Waals surface area (Å²) in [5.74, 6) is -5.76. The molecule has 1 aliphatic heterocycles. The summed E-state index contributed by atoms with van der Waals surface area (Å²) in [6, 6.07) is 0. The van der Waals surface area contributed by atoms with Crippen molar-refractivity contribution in [1.82, 2.24) is 9.88 Å². The van der Waals surface area contributed by atoms with Crippen molar-refractivity contribution in [3.63, 3.8) is 0 Å². The van der Waals surface area contributed by atoms with Crippen molar-refractivity contribution >= 4 is 23.2 Å². The van der Waals surface area contributed by atoms with Gasteiger partial charge in [-0.15, -0.1) is 11.3 Å². The summed E-state index contributed by atoms with van der Waals surface area (Å²) in [5.41, 5.74) is 0.0701. The Morgan fingerprint density at radius 2 is 2.05 bits per heavy atom. The molecule has 1 aromatic heterocycles. The molecule has 0 unspecified atom stereocenters. The normalized spacial score (nSPS) is 22.4. The Morgan fingerprint density at radius 3 is 2.45 bits per heavy atom. The molecule has 5 nitrogen and oxygen atoms in total. The van der Waals surface area contributed by atoms with E-state index in [-0.39, 0.29) is 11.6 Å². The number of carboxylic acids is 1. The average molecular weight is 336 g/mol. The summed E-state index contributed by atoms with van der Waals surface area (Å²) < 4.78 is 38.7. The highest BCUT2D eigenvalue weighted by Crippen LogP contribution is 2.38. The summed E-state index contributed by atoms with van der Waals surface area (Å²) in [5, 5.41) is 11.1. The minimum absolute atomic E-state index is 0.0701. The zero-order valence-corrected chi connectivity index (χ0v) is 12.7. The molecule has 0 aliphatic carbocycles. The number of rotatable bonds is 3. The molecular weight excluding hydrogens is 321 g/mol. The van der Waals surface area contributed by atoms with Crippen LogP contribution in [0.2, 0.25) is 0 Å². The standard InChI is InChI=1S/C13H15F3N2O3S/c1-6(2)10-17-9(5-22-10)11(19)18-3-7(12(20)21)8(4-18)13(14,15)16/h5-8H,3-4H2,1-2H3,(H,20,21)/t7-,8-/m1/s1. The Morgan fingerprint density at radius 1 is 1.41 bits per heavy atom. The first-order chi connectivity index (χ1) is 10.1. The Kier molecular flexibility index (Phi) is 4.46. The molecule has 0 bridgehead atoms. The molecule has 1 N–H and O–H groups in total. The minimum atomic E-state index is -4.65. The molecule has 22 heavy (non-hydrogen) atoms. The molecule has 0 saturated carbocycles. The van der Waals surface area contributed by atoms with Gasteiger partial charge in [-0.05, 0) is 0 Å². The van der Waals surface area contributed by atoms with E-state index in [1.807, 2.05) is 13.8 Å². The minimum Gasteiger partial charge on any atom is -0.481 e. The lowest BCUT2D eigenvalue weighted by atomic mass is 9.96. The van der Waals surface area contributed by atoms with E-state index in [0.29, 0.717) is 5.01 Å². The number of thiazole rings is 1. The van der Waals surface area contributed by atoms with Crippen LogP contribution in [0.3, 0.4) is 0 Å². The van der Waals surface area contributed by atoms with Crippen LogP contribution in [0.15, 0.2) is 5.38 Å². The Hall–Kier alpha value is -1.64. The Bertz CT molecular complexity index is 585. The number of carboxylic acid groups (broad SMARTS) is 1. The first kappa shape index (κ1) is 16.7. The van der Waals surface area contributed by atoms with Gasteiger partial charge in [-0.2, -0.15) is 13.2 Å². The second-order valence-electron chi connectivity index (χ2n) is 5.53. The number of aromatic nitrogens is 1. The molecule has 1 fully saturated rings. The zero-order chi connectivity index (χ0) is 16.7. The number of aliphatic carboxylic acids is 1. The number of alkyl halides is 3. The number of hydrogen-bond donors (Lipinski definition) is 1. The van der Waals surface area contributed by atoms with Crippen molar-refractivity contribution in [2.24, 2.45) is 11.8 Å². The number of carbonyl (C=O) groups is 2. The van der Waals surface area contributed by atoms with Gasteiger partial charge in [0.2, 0.25) is 0 Å². The molecule has 9 heteroatoms. The summed E-state index contributed by atoms with van der Waals surface area (Å²) in [7, 11) is 0. The molecule has 0 aromatic carbocycles. The van der Waals surface area contributed by atoms with Gasteiger partial charge >= 0.3 is 12.1 Å². The topological polar surface area (TPSA) is 70.5 Å². The maximum atomic E-state index is 12.9. The zero-order valence-electron chi connectivity index (χ0n) is 11.9. The predicted molar refractivity (Wildman–Crippen MR) is 72.8 cm³/mol. The van der Waals surface area contributed by atoms with E-state index >= 15 is 0 Å². The Labute approximate surface area is 128 Å². The molecule has 1 aromatic rings. The maximum absolute atomic E-state index is 12.9. The number of nitrogens with zero attached hydrogens (tertiary/aromatic N) is 2. The van der Waals surface area contributed by atoms with Gasteiger partial charge in [0.25, 0.3) is 5.91 Å². The van der Waals surface area contributed by atoms with Gasteiger partial charge in [-0.25, -0.2) is 4.98 Å². The lowest BCUT2D eigenvalue weighted by molar-refractivity contribution is -0.187. The van der Waals surface area contributed by atoms with Crippen LogP contribution in [-0.2, 0) is 4.79 Å². The highest BCUT2D eigenvalue weighted by molar-refractivity contribution is 7.09.